The van der Waals surface area contributed by atoms with Gasteiger partial charge in [0, 0.05) is 6.08 Å². The third kappa shape index (κ3) is 4.25. The van der Waals surface area contributed by atoms with E-state index < -0.39 is 17.8 Å². The molecule has 0 unspecified atom stereocenters. The number of benzene rings is 2. The second-order valence-electron chi connectivity index (χ2n) is 4.51. The highest BCUT2D eigenvalue weighted by Gasteiger charge is 2.12. The van der Waals surface area contributed by atoms with E-state index in [1.54, 1.807) is 0 Å². The second kappa shape index (κ2) is 7.14. The molecule has 0 aliphatic heterocycles. The van der Waals surface area contributed by atoms with E-state index in [0.29, 0.717) is 11.1 Å². The highest BCUT2D eigenvalue weighted by atomic mass is 19.1. The zero-order chi connectivity index (χ0) is 15.9. The van der Waals surface area contributed by atoms with Crippen molar-refractivity contribution in [1.29, 1.82) is 5.26 Å². The Hall–Kier alpha value is -3.00. The van der Waals surface area contributed by atoms with Gasteiger partial charge in [-0.15, -0.1) is 0 Å². The van der Waals surface area contributed by atoms with E-state index in [4.69, 9.17) is 5.26 Å². The summed E-state index contributed by atoms with van der Waals surface area (Å²) in [5.74, 6) is -1.24. The van der Waals surface area contributed by atoms with Gasteiger partial charge in [-0.3, -0.25) is 4.79 Å². The van der Waals surface area contributed by atoms with Gasteiger partial charge in [-0.05, 0) is 41.5 Å². The van der Waals surface area contributed by atoms with Crippen molar-refractivity contribution in [2.45, 2.75) is 6.04 Å². The van der Waals surface area contributed by atoms with Crippen LogP contribution in [0.5, 0.6) is 0 Å². The highest BCUT2D eigenvalue weighted by Crippen LogP contribution is 2.13. The van der Waals surface area contributed by atoms with E-state index in [1.807, 2.05) is 6.07 Å². The molecule has 1 amide bonds. The van der Waals surface area contributed by atoms with E-state index in [2.05, 4.69) is 5.32 Å². The van der Waals surface area contributed by atoms with Crippen LogP contribution in [0.25, 0.3) is 6.08 Å². The first-order valence-corrected chi connectivity index (χ1v) is 6.48. The minimum atomic E-state index is -0.869. The summed E-state index contributed by atoms with van der Waals surface area (Å²) in [7, 11) is 0. The smallest absolute Gasteiger partial charge is 0.245 e. The van der Waals surface area contributed by atoms with Gasteiger partial charge in [-0.25, -0.2) is 8.78 Å². The summed E-state index contributed by atoms with van der Waals surface area (Å²) in [6, 6.07) is 12.0. The standard InChI is InChI=1S/C17H12F2N2O/c18-14-6-1-12(2-7-14)3-10-17(22)21-16(11-20)13-4-8-15(19)9-5-13/h1-10,16H,(H,21,22)/b10-3+/t16-/m1/s1. The van der Waals surface area contributed by atoms with Gasteiger partial charge >= 0.3 is 0 Å². The van der Waals surface area contributed by atoms with E-state index in [-0.39, 0.29) is 5.82 Å². The van der Waals surface area contributed by atoms with Crippen molar-refractivity contribution in [2.24, 2.45) is 0 Å². The van der Waals surface area contributed by atoms with Crippen LogP contribution in [0.1, 0.15) is 17.2 Å². The summed E-state index contributed by atoms with van der Waals surface area (Å²) in [6.07, 6.45) is 2.76. The fourth-order valence-corrected chi connectivity index (χ4v) is 1.78. The average molecular weight is 298 g/mol. The number of rotatable bonds is 4. The third-order valence-corrected chi connectivity index (χ3v) is 2.92. The number of nitrogens with zero attached hydrogens (tertiary/aromatic N) is 1. The molecular weight excluding hydrogens is 286 g/mol. The summed E-state index contributed by atoms with van der Waals surface area (Å²) in [4.78, 5) is 11.8. The predicted octanol–water partition coefficient (Wildman–Crippen LogP) is 3.36. The largest absolute Gasteiger partial charge is 0.333 e. The molecule has 2 aromatic rings. The molecular formula is C17H12F2N2O. The quantitative estimate of drug-likeness (QED) is 0.880. The summed E-state index contributed by atoms with van der Waals surface area (Å²) in [5.41, 5.74) is 1.15. The third-order valence-electron chi connectivity index (χ3n) is 2.92. The lowest BCUT2D eigenvalue weighted by atomic mass is 10.1. The highest BCUT2D eigenvalue weighted by molar-refractivity contribution is 5.92. The van der Waals surface area contributed by atoms with Crippen molar-refractivity contribution >= 4 is 12.0 Å². The molecule has 22 heavy (non-hydrogen) atoms. The number of carbonyl (C=O) groups excluding carboxylic acids is 1. The van der Waals surface area contributed by atoms with Crippen LogP contribution >= 0.6 is 0 Å². The predicted molar refractivity (Wildman–Crippen MR) is 78.3 cm³/mol. The van der Waals surface area contributed by atoms with Gasteiger partial charge in [0.1, 0.15) is 17.7 Å². The van der Waals surface area contributed by atoms with Crippen LogP contribution < -0.4 is 5.32 Å². The molecule has 0 saturated carbocycles. The monoisotopic (exact) mass is 298 g/mol. The van der Waals surface area contributed by atoms with Crippen LogP contribution in [0.15, 0.2) is 54.6 Å². The zero-order valence-electron chi connectivity index (χ0n) is 11.5. The molecule has 0 fully saturated rings. The Labute approximate surface area is 126 Å². The van der Waals surface area contributed by atoms with Gasteiger partial charge in [0.2, 0.25) is 5.91 Å². The number of nitriles is 1. The van der Waals surface area contributed by atoms with Gasteiger partial charge in [-0.2, -0.15) is 5.26 Å². The number of nitrogens with one attached hydrogen (secondary N) is 1. The molecule has 0 aliphatic rings. The van der Waals surface area contributed by atoms with E-state index in [1.165, 1.54) is 60.7 Å². The molecule has 0 spiro atoms. The lowest BCUT2D eigenvalue weighted by Gasteiger charge is -2.10. The number of carbonyl (C=O) groups is 1. The minimum Gasteiger partial charge on any atom is -0.333 e. The van der Waals surface area contributed by atoms with Crippen molar-refractivity contribution in [2.75, 3.05) is 0 Å². The second-order valence-corrected chi connectivity index (χ2v) is 4.51. The summed E-state index contributed by atoms with van der Waals surface area (Å²) >= 11 is 0. The van der Waals surface area contributed by atoms with Gasteiger partial charge in [0.25, 0.3) is 0 Å². The maximum Gasteiger partial charge on any atom is 0.245 e. The first-order chi connectivity index (χ1) is 10.6. The molecule has 5 heteroatoms. The van der Waals surface area contributed by atoms with Gasteiger partial charge in [0.15, 0.2) is 0 Å². The first kappa shape index (κ1) is 15.4. The molecule has 1 atom stereocenters. The van der Waals surface area contributed by atoms with Crippen LogP contribution in [0.3, 0.4) is 0 Å². The number of amides is 1. The van der Waals surface area contributed by atoms with Crippen LogP contribution in [-0.4, -0.2) is 5.91 Å². The van der Waals surface area contributed by atoms with Crippen molar-refractivity contribution in [3.05, 3.63) is 77.4 Å². The Morgan fingerprint density at radius 1 is 1.05 bits per heavy atom. The first-order valence-electron chi connectivity index (χ1n) is 6.48. The van der Waals surface area contributed by atoms with Crippen molar-refractivity contribution < 1.29 is 13.6 Å². The Kier molecular flexibility index (Phi) is 4.99. The zero-order valence-corrected chi connectivity index (χ0v) is 11.5. The Morgan fingerprint density at radius 2 is 1.59 bits per heavy atom. The summed E-state index contributed by atoms with van der Waals surface area (Å²) in [6.45, 7) is 0. The molecule has 0 bridgehead atoms. The van der Waals surface area contributed by atoms with Crippen molar-refractivity contribution in [3.63, 3.8) is 0 Å². The number of hydrogen-bond donors (Lipinski definition) is 1. The van der Waals surface area contributed by atoms with Gasteiger partial charge in [0.05, 0.1) is 6.07 Å². The van der Waals surface area contributed by atoms with Crippen molar-refractivity contribution in [1.82, 2.24) is 5.32 Å². The molecule has 0 aromatic heterocycles. The van der Waals surface area contributed by atoms with Gasteiger partial charge < -0.3 is 5.32 Å². The maximum absolute atomic E-state index is 12.8. The Balaban J connectivity index is 2.02. The fraction of sp³-hybridized carbons (Fsp3) is 0.0588. The molecule has 0 saturated heterocycles. The number of halogens is 2. The SMILES string of the molecule is N#C[C@@H](NC(=O)/C=C/c1ccc(F)cc1)c1ccc(F)cc1. The lowest BCUT2D eigenvalue weighted by Crippen LogP contribution is -2.25. The summed E-state index contributed by atoms with van der Waals surface area (Å²) in [5, 5.41) is 11.6. The Morgan fingerprint density at radius 3 is 2.14 bits per heavy atom. The molecule has 110 valence electrons. The van der Waals surface area contributed by atoms with E-state index in [9.17, 15) is 13.6 Å². The topological polar surface area (TPSA) is 52.9 Å². The van der Waals surface area contributed by atoms with E-state index in [0.717, 1.165) is 0 Å². The molecule has 2 rings (SSSR count). The van der Waals surface area contributed by atoms with Crippen LogP contribution in [0.4, 0.5) is 8.78 Å². The summed E-state index contributed by atoms with van der Waals surface area (Å²) < 4.78 is 25.6. The molecule has 3 nitrogen and oxygen atoms in total. The molecule has 2 aromatic carbocycles. The number of hydrogen-bond acceptors (Lipinski definition) is 2. The molecule has 0 radical (unpaired) electrons. The van der Waals surface area contributed by atoms with Crippen LogP contribution in [-0.2, 0) is 4.79 Å². The maximum atomic E-state index is 12.8. The van der Waals surface area contributed by atoms with E-state index >= 15 is 0 Å². The van der Waals surface area contributed by atoms with Gasteiger partial charge in [-0.1, -0.05) is 24.3 Å². The minimum absolute atomic E-state index is 0.359. The van der Waals surface area contributed by atoms with Crippen LogP contribution in [0, 0.1) is 23.0 Å². The van der Waals surface area contributed by atoms with Crippen LogP contribution in [0.2, 0.25) is 0 Å². The Bertz CT molecular complexity index is 716. The molecule has 0 heterocycles. The fourth-order valence-electron chi connectivity index (χ4n) is 1.78. The average Bonchev–Trinajstić information content (AvgIpc) is 2.53. The molecule has 1 N–H and O–H groups in total. The normalized spacial score (nSPS) is 11.9. The molecule has 0 aliphatic carbocycles. The van der Waals surface area contributed by atoms with Crippen molar-refractivity contribution in [3.8, 4) is 6.07 Å². The lowest BCUT2D eigenvalue weighted by molar-refractivity contribution is -0.116.